The number of aromatic hydroxyl groups is 1. The monoisotopic (exact) mass is 352 g/mol. The first kappa shape index (κ1) is 15.2. The lowest BCUT2D eigenvalue weighted by Crippen LogP contribution is -2.11. The van der Waals surface area contributed by atoms with Crippen LogP contribution in [0.5, 0.6) is 5.75 Å². The Hall–Kier alpha value is -1.24. The third-order valence-corrected chi connectivity index (χ3v) is 4.01. The van der Waals surface area contributed by atoms with Crippen LogP contribution >= 0.6 is 15.9 Å². The average molecular weight is 353 g/mol. The van der Waals surface area contributed by atoms with Gasteiger partial charge >= 0.3 is 12.1 Å². The quantitative estimate of drug-likeness (QED) is 0.855. The van der Waals surface area contributed by atoms with Crippen molar-refractivity contribution in [2.24, 2.45) is 5.92 Å². The van der Waals surface area contributed by atoms with Crippen molar-refractivity contribution in [1.82, 2.24) is 0 Å². The van der Waals surface area contributed by atoms with Gasteiger partial charge in [0, 0.05) is 5.92 Å². The second kappa shape index (κ2) is 5.27. The Kier molecular flexibility index (Phi) is 4.00. The normalized spacial score (nSPS) is 17.0. The van der Waals surface area contributed by atoms with Crippen LogP contribution in [0.3, 0.4) is 0 Å². The molecule has 1 saturated carbocycles. The second-order valence-electron chi connectivity index (χ2n) is 4.94. The Bertz CT molecular complexity index is 538. The van der Waals surface area contributed by atoms with Gasteiger partial charge in [0.1, 0.15) is 5.75 Å². The first-order valence-corrected chi connectivity index (χ1v) is 6.81. The van der Waals surface area contributed by atoms with Gasteiger partial charge in [0.05, 0.1) is 16.5 Å². The molecule has 0 aliphatic heterocycles. The second-order valence-corrected chi connectivity index (χ2v) is 5.79. The van der Waals surface area contributed by atoms with Gasteiger partial charge in [-0.1, -0.05) is 0 Å². The van der Waals surface area contributed by atoms with Crippen molar-refractivity contribution in [2.45, 2.75) is 31.4 Å². The van der Waals surface area contributed by atoms with E-state index in [1.807, 2.05) is 0 Å². The number of phenolic OH excluding ortho intramolecular Hbond substituents is 1. The molecule has 0 saturated heterocycles. The van der Waals surface area contributed by atoms with Crippen LogP contribution in [0.4, 0.5) is 13.2 Å². The van der Waals surface area contributed by atoms with Gasteiger partial charge in [-0.2, -0.15) is 13.2 Å². The van der Waals surface area contributed by atoms with Crippen LogP contribution in [0.25, 0.3) is 0 Å². The van der Waals surface area contributed by atoms with Crippen LogP contribution in [-0.4, -0.2) is 16.2 Å². The first-order valence-electron chi connectivity index (χ1n) is 6.01. The molecule has 1 unspecified atom stereocenters. The summed E-state index contributed by atoms with van der Waals surface area (Å²) in [6.07, 6.45) is -3.29. The third kappa shape index (κ3) is 3.26. The Labute approximate surface area is 121 Å². The molecule has 0 bridgehead atoms. The van der Waals surface area contributed by atoms with Crippen molar-refractivity contribution >= 4 is 21.9 Å². The molecule has 1 aliphatic rings. The highest BCUT2D eigenvalue weighted by molar-refractivity contribution is 9.10. The lowest BCUT2D eigenvalue weighted by Gasteiger charge is -2.19. The Morgan fingerprint density at radius 3 is 2.45 bits per heavy atom. The van der Waals surface area contributed by atoms with E-state index >= 15 is 0 Å². The van der Waals surface area contributed by atoms with E-state index in [0.29, 0.717) is 0 Å². The zero-order valence-corrected chi connectivity index (χ0v) is 11.8. The van der Waals surface area contributed by atoms with Crippen LogP contribution in [0.2, 0.25) is 0 Å². The number of phenols is 1. The summed E-state index contributed by atoms with van der Waals surface area (Å²) in [5, 5.41) is 18.8. The molecular formula is C13H12BrF3O3. The predicted octanol–water partition coefficient (Wildman–Crippen LogP) is 4.14. The summed E-state index contributed by atoms with van der Waals surface area (Å²) in [6.45, 7) is 0. The standard InChI is InChI=1S/C13H12BrF3O3/c14-10-4-7(13(15,16)17)3-9(12(10)20)8(5-11(18)19)6-1-2-6/h3-4,6,8,20H,1-2,5H2,(H,18,19). The largest absolute Gasteiger partial charge is 0.506 e. The van der Waals surface area contributed by atoms with Gasteiger partial charge in [0.25, 0.3) is 0 Å². The van der Waals surface area contributed by atoms with E-state index in [4.69, 9.17) is 5.11 Å². The molecular weight excluding hydrogens is 341 g/mol. The molecule has 2 N–H and O–H groups in total. The average Bonchev–Trinajstić information content (AvgIpc) is 3.12. The van der Waals surface area contributed by atoms with Crippen molar-refractivity contribution in [1.29, 1.82) is 0 Å². The SMILES string of the molecule is O=C(O)CC(c1cc(C(F)(F)F)cc(Br)c1O)C1CC1. The number of hydrogen-bond acceptors (Lipinski definition) is 2. The summed E-state index contributed by atoms with van der Waals surface area (Å²) in [5.74, 6) is -1.97. The summed E-state index contributed by atoms with van der Waals surface area (Å²) in [7, 11) is 0. The molecule has 20 heavy (non-hydrogen) atoms. The molecule has 0 amide bonds. The van der Waals surface area contributed by atoms with Crippen LogP contribution in [0.1, 0.15) is 36.3 Å². The summed E-state index contributed by atoms with van der Waals surface area (Å²) in [4.78, 5) is 10.9. The lowest BCUT2D eigenvalue weighted by molar-refractivity contribution is -0.138. The highest BCUT2D eigenvalue weighted by Gasteiger charge is 2.38. The van der Waals surface area contributed by atoms with Crippen LogP contribution in [0, 0.1) is 5.92 Å². The van der Waals surface area contributed by atoms with Crippen molar-refractivity contribution in [2.75, 3.05) is 0 Å². The lowest BCUT2D eigenvalue weighted by atomic mass is 9.89. The van der Waals surface area contributed by atoms with E-state index in [0.717, 1.165) is 25.0 Å². The molecule has 3 nitrogen and oxygen atoms in total. The molecule has 1 aromatic rings. The summed E-state index contributed by atoms with van der Waals surface area (Å²) >= 11 is 2.90. The fraction of sp³-hybridized carbons (Fsp3) is 0.462. The van der Waals surface area contributed by atoms with E-state index in [1.54, 1.807) is 0 Å². The molecule has 0 aromatic heterocycles. The van der Waals surface area contributed by atoms with E-state index in [1.165, 1.54) is 0 Å². The fourth-order valence-corrected chi connectivity index (χ4v) is 2.76. The minimum Gasteiger partial charge on any atom is -0.506 e. The van der Waals surface area contributed by atoms with Crippen LogP contribution in [0.15, 0.2) is 16.6 Å². The number of hydrogen-bond donors (Lipinski definition) is 2. The topological polar surface area (TPSA) is 57.5 Å². The van der Waals surface area contributed by atoms with Gasteiger partial charge in [-0.15, -0.1) is 0 Å². The van der Waals surface area contributed by atoms with Crippen molar-refractivity contribution < 1.29 is 28.2 Å². The number of rotatable bonds is 4. The number of carboxylic acids is 1. The van der Waals surface area contributed by atoms with E-state index in [2.05, 4.69) is 15.9 Å². The fourth-order valence-electron chi connectivity index (χ4n) is 2.28. The smallest absolute Gasteiger partial charge is 0.416 e. The molecule has 1 aromatic carbocycles. The number of carboxylic acid groups (broad SMARTS) is 1. The van der Waals surface area contributed by atoms with E-state index in [-0.39, 0.29) is 28.1 Å². The molecule has 7 heteroatoms. The number of halogens is 4. The first-order chi connectivity index (χ1) is 9.20. The number of alkyl halides is 3. The molecule has 0 radical (unpaired) electrons. The molecule has 0 spiro atoms. The van der Waals surface area contributed by atoms with Crippen molar-refractivity contribution in [3.05, 3.63) is 27.7 Å². The van der Waals surface area contributed by atoms with Crippen molar-refractivity contribution in [3.63, 3.8) is 0 Å². The Balaban J connectivity index is 2.47. The molecule has 2 rings (SSSR count). The minimum absolute atomic E-state index is 0.0207. The number of benzene rings is 1. The van der Waals surface area contributed by atoms with Gasteiger partial charge in [-0.05, 0) is 52.4 Å². The highest BCUT2D eigenvalue weighted by atomic mass is 79.9. The van der Waals surface area contributed by atoms with Crippen molar-refractivity contribution in [3.8, 4) is 5.75 Å². The van der Waals surface area contributed by atoms with Gasteiger partial charge in [0.2, 0.25) is 0 Å². The van der Waals surface area contributed by atoms with Crippen LogP contribution < -0.4 is 0 Å². The van der Waals surface area contributed by atoms with E-state index < -0.39 is 23.6 Å². The maximum Gasteiger partial charge on any atom is 0.416 e. The summed E-state index contributed by atoms with van der Waals surface area (Å²) in [5.41, 5.74) is -0.843. The predicted molar refractivity (Wildman–Crippen MR) is 68.5 cm³/mol. The maximum atomic E-state index is 12.8. The van der Waals surface area contributed by atoms with Gasteiger partial charge in [-0.3, -0.25) is 4.79 Å². The summed E-state index contributed by atoms with van der Waals surface area (Å²) < 4.78 is 38.3. The maximum absolute atomic E-state index is 12.8. The van der Waals surface area contributed by atoms with Gasteiger partial charge < -0.3 is 10.2 Å². The zero-order chi connectivity index (χ0) is 15.1. The molecule has 1 atom stereocenters. The Morgan fingerprint density at radius 2 is 2.00 bits per heavy atom. The Morgan fingerprint density at radius 1 is 1.40 bits per heavy atom. The van der Waals surface area contributed by atoms with Gasteiger partial charge in [0.15, 0.2) is 0 Å². The molecule has 1 fully saturated rings. The molecule has 110 valence electrons. The number of aliphatic carboxylic acids is 1. The van der Waals surface area contributed by atoms with E-state index in [9.17, 15) is 23.1 Å². The van der Waals surface area contributed by atoms with Crippen LogP contribution in [-0.2, 0) is 11.0 Å². The number of carbonyl (C=O) groups is 1. The highest BCUT2D eigenvalue weighted by Crippen LogP contribution is 2.49. The van der Waals surface area contributed by atoms with Gasteiger partial charge in [-0.25, -0.2) is 0 Å². The third-order valence-electron chi connectivity index (χ3n) is 3.41. The molecule has 1 aliphatic carbocycles. The summed E-state index contributed by atoms with van der Waals surface area (Å²) in [6, 6.07) is 1.65. The minimum atomic E-state index is -4.54. The zero-order valence-electron chi connectivity index (χ0n) is 10.2. The molecule has 0 heterocycles.